The molecule has 0 unspecified atom stereocenters. The van der Waals surface area contributed by atoms with Crippen molar-refractivity contribution in [3.8, 4) is 5.75 Å². The van der Waals surface area contributed by atoms with E-state index in [1.807, 2.05) is 0 Å². The molecule has 1 atom stereocenters. The van der Waals surface area contributed by atoms with E-state index in [1.54, 1.807) is 24.3 Å². The van der Waals surface area contributed by atoms with E-state index < -0.39 is 9.84 Å². The quantitative estimate of drug-likeness (QED) is 0.874. The Morgan fingerprint density at radius 1 is 1.47 bits per heavy atom. The van der Waals surface area contributed by atoms with Gasteiger partial charge in [-0.2, -0.15) is 0 Å². The summed E-state index contributed by atoms with van der Waals surface area (Å²) in [6.45, 7) is 2.66. The molecule has 94 valence electrons. The van der Waals surface area contributed by atoms with Gasteiger partial charge in [-0.05, 0) is 31.2 Å². The van der Waals surface area contributed by atoms with Crippen molar-refractivity contribution in [2.24, 2.45) is 5.92 Å². The minimum Gasteiger partial charge on any atom is -0.493 e. The normalized spacial score (nSPS) is 20.4. The van der Waals surface area contributed by atoms with E-state index in [9.17, 15) is 8.42 Å². The highest BCUT2D eigenvalue weighted by Gasteiger charge is 2.15. The second-order valence-corrected chi connectivity index (χ2v) is 6.43. The molecule has 0 amide bonds. The van der Waals surface area contributed by atoms with E-state index in [1.165, 1.54) is 6.26 Å². The van der Waals surface area contributed by atoms with Gasteiger partial charge in [0.15, 0.2) is 9.84 Å². The summed E-state index contributed by atoms with van der Waals surface area (Å²) >= 11 is 0. The molecule has 0 spiro atoms. The topological polar surface area (TPSA) is 55.4 Å². The van der Waals surface area contributed by atoms with E-state index in [-0.39, 0.29) is 0 Å². The minimum absolute atomic E-state index is 0.305. The van der Waals surface area contributed by atoms with Crippen LogP contribution >= 0.6 is 0 Å². The van der Waals surface area contributed by atoms with Crippen LogP contribution in [0.5, 0.6) is 5.75 Å². The first-order chi connectivity index (χ1) is 8.05. The van der Waals surface area contributed by atoms with Gasteiger partial charge in [-0.25, -0.2) is 8.42 Å². The lowest BCUT2D eigenvalue weighted by Crippen LogP contribution is -2.15. The van der Waals surface area contributed by atoms with Crippen LogP contribution in [0, 0.1) is 5.92 Å². The smallest absolute Gasteiger partial charge is 0.175 e. The first kappa shape index (κ1) is 12.4. The van der Waals surface area contributed by atoms with Gasteiger partial charge in [-0.1, -0.05) is 6.07 Å². The van der Waals surface area contributed by atoms with E-state index >= 15 is 0 Å². The van der Waals surface area contributed by atoms with Crippen LogP contribution in [0.4, 0.5) is 0 Å². The second-order valence-electron chi connectivity index (χ2n) is 4.42. The van der Waals surface area contributed by atoms with Gasteiger partial charge in [0.2, 0.25) is 0 Å². The number of hydrogen-bond donors (Lipinski definition) is 1. The summed E-state index contributed by atoms with van der Waals surface area (Å²) in [6, 6.07) is 6.66. The van der Waals surface area contributed by atoms with Crippen molar-refractivity contribution in [1.29, 1.82) is 0 Å². The Bertz CT molecular complexity index is 478. The zero-order chi connectivity index (χ0) is 12.3. The second kappa shape index (κ2) is 5.06. The number of rotatable bonds is 4. The molecule has 1 aliphatic rings. The standard InChI is InChI=1S/C12H17NO3S/c1-17(14,15)12-4-2-3-11(7-12)16-9-10-5-6-13-8-10/h2-4,7,10,13H,5-6,8-9H2,1H3/t10-/m1/s1. The van der Waals surface area contributed by atoms with E-state index in [0.717, 1.165) is 19.5 Å². The maximum Gasteiger partial charge on any atom is 0.175 e. The van der Waals surface area contributed by atoms with Crippen molar-refractivity contribution in [2.45, 2.75) is 11.3 Å². The Morgan fingerprint density at radius 2 is 2.29 bits per heavy atom. The predicted octanol–water partition coefficient (Wildman–Crippen LogP) is 1.08. The molecule has 1 aromatic rings. The Balaban J connectivity index is 2.01. The molecule has 5 heteroatoms. The average molecular weight is 255 g/mol. The third-order valence-corrected chi connectivity index (χ3v) is 3.99. The third-order valence-electron chi connectivity index (χ3n) is 2.88. The van der Waals surface area contributed by atoms with Crippen molar-refractivity contribution in [3.63, 3.8) is 0 Å². The van der Waals surface area contributed by atoms with Gasteiger partial charge >= 0.3 is 0 Å². The zero-order valence-electron chi connectivity index (χ0n) is 9.85. The Hall–Kier alpha value is -1.07. The van der Waals surface area contributed by atoms with Crippen LogP contribution in [0.15, 0.2) is 29.2 Å². The van der Waals surface area contributed by atoms with Crippen molar-refractivity contribution in [2.75, 3.05) is 26.0 Å². The largest absolute Gasteiger partial charge is 0.493 e. The fourth-order valence-electron chi connectivity index (χ4n) is 1.87. The number of nitrogens with one attached hydrogen (secondary N) is 1. The fraction of sp³-hybridized carbons (Fsp3) is 0.500. The van der Waals surface area contributed by atoms with Crippen LogP contribution in [0.2, 0.25) is 0 Å². The summed E-state index contributed by atoms with van der Waals surface area (Å²) in [6.07, 6.45) is 2.32. The summed E-state index contributed by atoms with van der Waals surface area (Å²) in [5, 5.41) is 3.27. The highest BCUT2D eigenvalue weighted by Crippen LogP contribution is 2.18. The van der Waals surface area contributed by atoms with Gasteiger partial charge in [0.05, 0.1) is 11.5 Å². The summed E-state index contributed by atoms with van der Waals surface area (Å²) < 4.78 is 28.4. The van der Waals surface area contributed by atoms with Gasteiger partial charge < -0.3 is 10.1 Å². The first-order valence-corrected chi connectivity index (χ1v) is 7.58. The Morgan fingerprint density at radius 3 is 2.94 bits per heavy atom. The minimum atomic E-state index is -3.16. The van der Waals surface area contributed by atoms with Crippen LogP contribution in [0.3, 0.4) is 0 Å². The molecule has 1 fully saturated rings. The number of ether oxygens (including phenoxy) is 1. The highest BCUT2D eigenvalue weighted by atomic mass is 32.2. The molecular formula is C12H17NO3S. The lowest BCUT2D eigenvalue weighted by molar-refractivity contribution is 0.259. The summed E-state index contributed by atoms with van der Waals surface area (Å²) in [5.41, 5.74) is 0. The Kier molecular flexibility index (Phi) is 3.69. The lowest BCUT2D eigenvalue weighted by Gasteiger charge is -2.11. The van der Waals surface area contributed by atoms with Crippen LogP contribution < -0.4 is 10.1 Å². The zero-order valence-corrected chi connectivity index (χ0v) is 10.7. The number of sulfone groups is 1. The van der Waals surface area contributed by atoms with E-state index in [4.69, 9.17) is 4.74 Å². The highest BCUT2D eigenvalue weighted by molar-refractivity contribution is 7.90. The molecule has 0 aliphatic carbocycles. The molecular weight excluding hydrogens is 238 g/mol. The average Bonchev–Trinajstić information content (AvgIpc) is 2.78. The molecule has 0 radical (unpaired) electrons. The molecule has 1 saturated heterocycles. The lowest BCUT2D eigenvalue weighted by atomic mass is 10.1. The summed E-state index contributed by atoms with van der Waals surface area (Å²) in [4.78, 5) is 0.305. The van der Waals surface area contributed by atoms with Gasteiger partial charge in [0.1, 0.15) is 5.75 Å². The van der Waals surface area contributed by atoms with Crippen LogP contribution in [-0.2, 0) is 9.84 Å². The van der Waals surface area contributed by atoms with Crippen molar-refractivity contribution < 1.29 is 13.2 Å². The predicted molar refractivity (Wildman–Crippen MR) is 66.0 cm³/mol. The molecule has 1 N–H and O–H groups in total. The molecule has 1 aliphatic heterocycles. The molecule has 2 rings (SSSR count). The van der Waals surface area contributed by atoms with Crippen LogP contribution in [-0.4, -0.2) is 34.4 Å². The molecule has 4 nitrogen and oxygen atoms in total. The fourth-order valence-corrected chi connectivity index (χ4v) is 2.52. The molecule has 0 bridgehead atoms. The van der Waals surface area contributed by atoms with Crippen molar-refractivity contribution in [1.82, 2.24) is 5.32 Å². The monoisotopic (exact) mass is 255 g/mol. The van der Waals surface area contributed by atoms with Gasteiger partial charge in [-0.15, -0.1) is 0 Å². The van der Waals surface area contributed by atoms with Crippen molar-refractivity contribution in [3.05, 3.63) is 24.3 Å². The molecule has 0 aromatic heterocycles. The SMILES string of the molecule is CS(=O)(=O)c1cccc(OC[C@@H]2CCNC2)c1. The van der Waals surface area contributed by atoms with Gasteiger partial charge in [0.25, 0.3) is 0 Å². The molecule has 0 saturated carbocycles. The maximum atomic E-state index is 11.4. The first-order valence-electron chi connectivity index (χ1n) is 5.69. The number of benzene rings is 1. The van der Waals surface area contributed by atoms with E-state index in [2.05, 4.69) is 5.32 Å². The van der Waals surface area contributed by atoms with Gasteiger partial charge in [-0.3, -0.25) is 0 Å². The molecule has 1 heterocycles. The van der Waals surface area contributed by atoms with Crippen LogP contribution in [0.25, 0.3) is 0 Å². The maximum absolute atomic E-state index is 11.4. The summed E-state index contributed by atoms with van der Waals surface area (Å²) in [7, 11) is -3.16. The summed E-state index contributed by atoms with van der Waals surface area (Å²) in [5.74, 6) is 1.15. The Labute approximate surface area is 102 Å². The van der Waals surface area contributed by atoms with E-state index in [0.29, 0.717) is 23.2 Å². The third kappa shape index (κ3) is 3.44. The van der Waals surface area contributed by atoms with Gasteiger partial charge in [0, 0.05) is 18.7 Å². The van der Waals surface area contributed by atoms with Crippen LogP contribution in [0.1, 0.15) is 6.42 Å². The van der Waals surface area contributed by atoms with Crippen molar-refractivity contribution >= 4 is 9.84 Å². The molecule has 1 aromatic carbocycles. The number of hydrogen-bond acceptors (Lipinski definition) is 4. The molecule has 17 heavy (non-hydrogen) atoms.